The van der Waals surface area contributed by atoms with Crippen molar-refractivity contribution >= 4 is 39.8 Å². The Hall–Kier alpha value is -3.14. The van der Waals surface area contributed by atoms with Gasteiger partial charge in [-0.2, -0.15) is 5.26 Å². The lowest BCUT2D eigenvalue weighted by atomic mass is 10.0. The molecule has 2 aliphatic rings. The zero-order valence-corrected chi connectivity index (χ0v) is 15.1. The molecule has 1 aromatic carbocycles. The van der Waals surface area contributed by atoms with E-state index in [1.807, 2.05) is 19.1 Å². The number of nitrogens with two attached hydrogens (primary N) is 1. The van der Waals surface area contributed by atoms with Gasteiger partial charge in [-0.3, -0.25) is 9.59 Å². The number of nitrogens with one attached hydrogen (secondary N) is 1. The molecule has 0 bridgehead atoms. The van der Waals surface area contributed by atoms with Crippen LogP contribution in [0.3, 0.4) is 0 Å². The van der Waals surface area contributed by atoms with Crippen molar-refractivity contribution < 1.29 is 9.59 Å². The number of nitriles is 1. The molecule has 1 aromatic heterocycles. The number of piperidine rings is 1. The van der Waals surface area contributed by atoms with Gasteiger partial charge in [-0.15, -0.1) is 0 Å². The number of aromatic nitrogens is 1. The summed E-state index contributed by atoms with van der Waals surface area (Å²) in [4.78, 5) is 30.6. The molecule has 1 saturated carbocycles. The highest BCUT2D eigenvalue weighted by Gasteiger charge is 2.43. The largest absolute Gasteiger partial charge is 0.398 e. The summed E-state index contributed by atoms with van der Waals surface area (Å²) >= 11 is 0. The van der Waals surface area contributed by atoms with Crippen LogP contribution in [0.1, 0.15) is 32.6 Å². The van der Waals surface area contributed by atoms with Gasteiger partial charge in [0.05, 0.1) is 17.9 Å². The molecule has 3 N–H and O–H groups in total. The van der Waals surface area contributed by atoms with E-state index in [1.165, 1.54) is 0 Å². The summed E-state index contributed by atoms with van der Waals surface area (Å²) in [6.07, 6.45) is 4.64. The third-order valence-electron chi connectivity index (χ3n) is 5.40. The highest BCUT2D eigenvalue weighted by Crippen LogP contribution is 2.38. The number of hydrogen-bond acceptors (Lipinski definition) is 5. The molecule has 2 amide bonds. The smallest absolute Gasteiger partial charge is 0.230 e. The summed E-state index contributed by atoms with van der Waals surface area (Å²) in [5.41, 5.74) is 7.52. The van der Waals surface area contributed by atoms with Crippen LogP contribution in [0.2, 0.25) is 0 Å². The molecule has 1 saturated heterocycles. The first-order valence-corrected chi connectivity index (χ1v) is 9.19. The second-order valence-corrected chi connectivity index (χ2v) is 7.40. The summed E-state index contributed by atoms with van der Waals surface area (Å²) in [5, 5.41) is 13.2. The number of anilines is 3. The fraction of sp³-hybridized carbons (Fsp3) is 0.400. The number of amides is 2. The minimum Gasteiger partial charge on any atom is -0.398 e. The average molecular weight is 363 g/mol. The van der Waals surface area contributed by atoms with Crippen LogP contribution in [0.4, 0.5) is 17.2 Å². The first kappa shape index (κ1) is 17.3. The van der Waals surface area contributed by atoms with Crippen molar-refractivity contribution in [3.8, 4) is 6.07 Å². The minimum atomic E-state index is -0.254. The lowest BCUT2D eigenvalue weighted by molar-refractivity contribution is -0.120. The molecule has 7 nitrogen and oxygen atoms in total. The molecule has 2 fully saturated rings. The summed E-state index contributed by atoms with van der Waals surface area (Å²) in [6, 6.07) is 7.72. The number of nitrogens with zero attached hydrogens (tertiary/aromatic N) is 3. The van der Waals surface area contributed by atoms with Crippen LogP contribution in [0.25, 0.3) is 10.8 Å². The van der Waals surface area contributed by atoms with E-state index < -0.39 is 0 Å². The van der Waals surface area contributed by atoms with E-state index in [1.54, 1.807) is 17.2 Å². The van der Waals surface area contributed by atoms with Crippen LogP contribution in [0, 0.1) is 23.2 Å². The van der Waals surface area contributed by atoms with Crippen molar-refractivity contribution in [3.63, 3.8) is 0 Å². The highest BCUT2D eigenvalue weighted by atomic mass is 16.2. The molecule has 0 radical (unpaired) electrons. The van der Waals surface area contributed by atoms with Crippen molar-refractivity contribution in [1.82, 2.24) is 4.98 Å². The van der Waals surface area contributed by atoms with Gasteiger partial charge < -0.3 is 16.0 Å². The number of carbonyl (C=O) groups excluding carboxylic acids is 2. The van der Waals surface area contributed by atoms with Gasteiger partial charge in [0.25, 0.3) is 0 Å². The Labute approximate surface area is 157 Å². The zero-order chi connectivity index (χ0) is 19.1. The summed E-state index contributed by atoms with van der Waals surface area (Å²) in [7, 11) is 0. The second-order valence-electron chi connectivity index (χ2n) is 7.40. The number of carbonyl (C=O) groups is 2. The van der Waals surface area contributed by atoms with Crippen molar-refractivity contribution in [1.29, 1.82) is 5.26 Å². The Morgan fingerprint density at radius 3 is 2.93 bits per heavy atom. The first-order valence-electron chi connectivity index (χ1n) is 9.19. The van der Waals surface area contributed by atoms with E-state index in [0.29, 0.717) is 24.3 Å². The van der Waals surface area contributed by atoms with E-state index in [4.69, 9.17) is 11.0 Å². The molecule has 1 aliphatic carbocycles. The molecule has 3 atom stereocenters. The first-order chi connectivity index (χ1) is 13.0. The van der Waals surface area contributed by atoms with Crippen molar-refractivity contribution in [2.24, 2.45) is 11.8 Å². The Morgan fingerprint density at radius 1 is 1.41 bits per heavy atom. The van der Waals surface area contributed by atoms with E-state index in [-0.39, 0.29) is 29.7 Å². The Kier molecular flexibility index (Phi) is 4.19. The molecule has 27 heavy (non-hydrogen) atoms. The topological polar surface area (TPSA) is 112 Å². The average Bonchev–Trinajstić information content (AvgIpc) is 3.41. The summed E-state index contributed by atoms with van der Waals surface area (Å²) in [5.74, 6) is -0.107. The molecule has 7 heteroatoms. The van der Waals surface area contributed by atoms with Gasteiger partial charge in [-0.25, -0.2) is 4.98 Å². The van der Waals surface area contributed by atoms with E-state index in [0.717, 1.165) is 29.3 Å². The second kappa shape index (κ2) is 6.54. The van der Waals surface area contributed by atoms with Gasteiger partial charge in [0.15, 0.2) is 0 Å². The van der Waals surface area contributed by atoms with Gasteiger partial charge in [-0.1, -0.05) is 0 Å². The van der Waals surface area contributed by atoms with Crippen LogP contribution in [-0.2, 0) is 9.59 Å². The zero-order valence-electron chi connectivity index (χ0n) is 15.1. The number of hydrogen-bond donors (Lipinski definition) is 2. The SMILES string of the molecule is CC1CCCC(=O)N1c1cc(N)c2cnc(NC(=O)[C@H]3C[C@@H]3C#N)cc2c1. The molecule has 0 spiro atoms. The van der Waals surface area contributed by atoms with Crippen molar-refractivity contribution in [2.75, 3.05) is 16.0 Å². The lowest BCUT2D eigenvalue weighted by Gasteiger charge is -2.33. The predicted octanol–water partition coefficient (Wildman–Crippen LogP) is 2.82. The predicted molar refractivity (Wildman–Crippen MR) is 103 cm³/mol. The third-order valence-corrected chi connectivity index (χ3v) is 5.40. The Bertz CT molecular complexity index is 980. The van der Waals surface area contributed by atoms with Crippen LogP contribution < -0.4 is 16.0 Å². The molecule has 2 heterocycles. The maximum atomic E-state index is 12.4. The molecular formula is C20H21N5O2. The number of benzene rings is 1. The van der Waals surface area contributed by atoms with Gasteiger partial charge in [0, 0.05) is 35.4 Å². The lowest BCUT2D eigenvalue weighted by Crippen LogP contribution is -2.42. The fourth-order valence-corrected chi connectivity index (χ4v) is 3.77. The standard InChI is InChI=1S/C20H21N5O2/c1-11-3-2-4-19(26)25(11)14-5-12-7-18(23-10-16(12)17(22)8-14)24-20(27)15-6-13(15)9-21/h5,7-8,10-11,13,15H,2-4,6,22H2,1H3,(H,23,24,27)/t11?,13-,15+/m1/s1. The van der Waals surface area contributed by atoms with Crippen LogP contribution in [0.15, 0.2) is 24.4 Å². The number of rotatable bonds is 3. The van der Waals surface area contributed by atoms with Crippen molar-refractivity contribution in [2.45, 2.75) is 38.6 Å². The van der Waals surface area contributed by atoms with Gasteiger partial charge in [0.2, 0.25) is 11.8 Å². The third kappa shape index (κ3) is 3.19. The van der Waals surface area contributed by atoms with Crippen LogP contribution >= 0.6 is 0 Å². The molecule has 2 aromatic rings. The van der Waals surface area contributed by atoms with Crippen LogP contribution in [0.5, 0.6) is 0 Å². The van der Waals surface area contributed by atoms with E-state index in [2.05, 4.69) is 16.4 Å². The Balaban J connectivity index is 1.65. The molecule has 138 valence electrons. The maximum absolute atomic E-state index is 12.4. The van der Waals surface area contributed by atoms with E-state index >= 15 is 0 Å². The summed E-state index contributed by atoms with van der Waals surface area (Å²) < 4.78 is 0. The van der Waals surface area contributed by atoms with Crippen molar-refractivity contribution in [3.05, 3.63) is 24.4 Å². The van der Waals surface area contributed by atoms with Gasteiger partial charge in [0.1, 0.15) is 5.82 Å². The van der Waals surface area contributed by atoms with Gasteiger partial charge >= 0.3 is 0 Å². The highest BCUT2D eigenvalue weighted by molar-refractivity contribution is 6.03. The number of nitrogen functional groups attached to an aromatic ring is 1. The maximum Gasteiger partial charge on any atom is 0.230 e. The normalized spacial score (nSPS) is 24.5. The quantitative estimate of drug-likeness (QED) is 0.814. The molecule has 1 aliphatic heterocycles. The Morgan fingerprint density at radius 2 is 2.22 bits per heavy atom. The van der Waals surface area contributed by atoms with Crippen LogP contribution in [-0.4, -0.2) is 22.8 Å². The monoisotopic (exact) mass is 363 g/mol. The number of fused-ring (bicyclic) bond motifs is 1. The minimum absolute atomic E-state index is 0.103. The molecule has 1 unspecified atom stereocenters. The fourth-order valence-electron chi connectivity index (χ4n) is 3.77. The summed E-state index contributed by atoms with van der Waals surface area (Å²) in [6.45, 7) is 2.04. The van der Waals surface area contributed by atoms with E-state index in [9.17, 15) is 9.59 Å². The molecule has 4 rings (SSSR count). The number of pyridine rings is 1. The molecular weight excluding hydrogens is 342 g/mol. The van der Waals surface area contributed by atoms with Gasteiger partial charge in [-0.05, 0) is 49.8 Å².